The summed E-state index contributed by atoms with van der Waals surface area (Å²) in [6, 6.07) is 24.5. The topological polar surface area (TPSA) is 150 Å². The zero-order chi connectivity index (χ0) is 36.4. The van der Waals surface area contributed by atoms with Crippen LogP contribution in [0.15, 0.2) is 116 Å². The molecule has 3 atom stereocenters. The molecule has 0 unspecified atom stereocenters. The highest BCUT2D eigenvalue weighted by molar-refractivity contribution is 5.87. The number of benzene rings is 3. The van der Waals surface area contributed by atoms with Gasteiger partial charge < -0.3 is 35.1 Å². The molecule has 0 bridgehead atoms. The summed E-state index contributed by atoms with van der Waals surface area (Å²) in [7, 11) is 0. The second-order valence-corrected chi connectivity index (χ2v) is 12.1. The Kier molecular flexibility index (Phi) is 15.0. The number of amides is 3. The third-order valence-corrected chi connectivity index (χ3v) is 8.29. The van der Waals surface area contributed by atoms with Gasteiger partial charge in [0, 0.05) is 36.6 Å². The summed E-state index contributed by atoms with van der Waals surface area (Å²) in [6.45, 7) is 7.49. The highest BCUT2D eigenvalue weighted by Crippen LogP contribution is 2.21. The van der Waals surface area contributed by atoms with Crippen molar-refractivity contribution in [1.82, 2.24) is 20.5 Å². The zero-order valence-corrected chi connectivity index (χ0v) is 28.7. The molecule has 0 fully saturated rings. The fraction of sp³-hybridized carbons (Fsp3) is 0.300. The predicted molar refractivity (Wildman–Crippen MR) is 195 cm³/mol. The van der Waals surface area contributed by atoms with Gasteiger partial charge in [-0.2, -0.15) is 0 Å². The summed E-state index contributed by atoms with van der Waals surface area (Å²) in [4.78, 5) is 57.9. The molecule has 4 rings (SSSR count). The van der Waals surface area contributed by atoms with Crippen LogP contribution in [0.3, 0.4) is 0 Å². The van der Waals surface area contributed by atoms with Crippen molar-refractivity contribution >= 4 is 34.8 Å². The molecule has 1 heterocycles. The number of allylic oxidation sites excluding steroid dienone is 1. The van der Waals surface area contributed by atoms with Gasteiger partial charge in [0.05, 0.1) is 18.6 Å². The SMILES string of the molecule is C=CC[C@H](CC(=O)N(CCO)Cc1ccccc1)C(=O)N[C@H](COC(=O)[C@@H](CC=C)NC(=O)OCc1ccccc1)Cc1c[nH]c2ccccc12. The van der Waals surface area contributed by atoms with Crippen LogP contribution < -0.4 is 10.6 Å². The average molecular weight is 695 g/mol. The zero-order valence-electron chi connectivity index (χ0n) is 28.7. The van der Waals surface area contributed by atoms with Crippen molar-refractivity contribution < 1.29 is 33.8 Å². The number of carbonyl (C=O) groups excluding carboxylic acids is 4. The Bertz CT molecular complexity index is 1740. The van der Waals surface area contributed by atoms with Gasteiger partial charge in [0.25, 0.3) is 0 Å². The van der Waals surface area contributed by atoms with E-state index in [4.69, 9.17) is 9.47 Å². The van der Waals surface area contributed by atoms with E-state index in [-0.39, 0.29) is 51.5 Å². The van der Waals surface area contributed by atoms with E-state index < -0.39 is 36.0 Å². The van der Waals surface area contributed by atoms with Crippen LogP contribution in [0.1, 0.15) is 36.0 Å². The van der Waals surface area contributed by atoms with Crippen molar-refractivity contribution in [2.24, 2.45) is 5.92 Å². The number of aliphatic hydroxyl groups is 1. The molecule has 0 radical (unpaired) electrons. The number of nitrogens with zero attached hydrogens (tertiary/aromatic N) is 1. The van der Waals surface area contributed by atoms with Crippen molar-refractivity contribution in [3.05, 3.63) is 133 Å². The van der Waals surface area contributed by atoms with Crippen LogP contribution in [0.4, 0.5) is 4.79 Å². The summed E-state index contributed by atoms with van der Waals surface area (Å²) in [5, 5.41) is 16.2. The molecule has 0 spiro atoms. The van der Waals surface area contributed by atoms with E-state index in [1.54, 1.807) is 6.08 Å². The van der Waals surface area contributed by atoms with E-state index in [2.05, 4.69) is 28.8 Å². The molecule has 0 aliphatic carbocycles. The Morgan fingerprint density at radius 3 is 2.20 bits per heavy atom. The monoisotopic (exact) mass is 694 g/mol. The lowest BCUT2D eigenvalue weighted by atomic mass is 9.97. The lowest BCUT2D eigenvalue weighted by Gasteiger charge is -2.26. The number of fused-ring (bicyclic) bond motifs is 1. The number of nitrogens with one attached hydrogen (secondary N) is 3. The van der Waals surface area contributed by atoms with Gasteiger partial charge in [-0.25, -0.2) is 9.59 Å². The standard InChI is InChI=1S/C40H46N4O7/c1-3-13-31(24-37(46)44(21-22-45)26-29-15-7-5-8-16-29)38(47)42-33(23-32-25-41-35-20-12-11-19-34(32)35)28-50-39(48)36(14-4-2)43-40(49)51-27-30-17-9-6-10-18-30/h3-12,15-20,25,31,33,36,41,45H,1-2,13-14,21-24,26-28H2,(H,42,47)(H,43,49)/t31-,33+,36-/m1/s1. The number of rotatable bonds is 20. The largest absolute Gasteiger partial charge is 0.462 e. The molecule has 11 nitrogen and oxygen atoms in total. The van der Waals surface area contributed by atoms with Crippen molar-refractivity contribution in [3.63, 3.8) is 0 Å². The van der Waals surface area contributed by atoms with E-state index in [0.717, 1.165) is 27.6 Å². The Labute approximate surface area is 298 Å². The summed E-state index contributed by atoms with van der Waals surface area (Å²) in [5.74, 6) is -2.17. The van der Waals surface area contributed by atoms with Gasteiger partial charge in [0.1, 0.15) is 19.3 Å². The van der Waals surface area contributed by atoms with E-state index >= 15 is 0 Å². The number of para-hydroxylation sites is 1. The molecule has 4 N–H and O–H groups in total. The molecular formula is C40H46N4O7. The first-order valence-corrected chi connectivity index (χ1v) is 16.9. The summed E-state index contributed by atoms with van der Waals surface area (Å²) in [6.07, 6.45) is 4.65. The second kappa shape index (κ2) is 20.1. The molecule has 0 saturated carbocycles. The predicted octanol–water partition coefficient (Wildman–Crippen LogP) is 5.21. The third-order valence-electron chi connectivity index (χ3n) is 8.29. The van der Waals surface area contributed by atoms with Crippen molar-refractivity contribution in [2.45, 2.75) is 50.9 Å². The number of ether oxygens (including phenoxy) is 2. The van der Waals surface area contributed by atoms with E-state index in [1.807, 2.05) is 91.1 Å². The van der Waals surface area contributed by atoms with E-state index in [0.29, 0.717) is 13.0 Å². The fourth-order valence-electron chi connectivity index (χ4n) is 5.65. The minimum absolute atomic E-state index is 0.0274. The molecule has 3 aromatic carbocycles. The van der Waals surface area contributed by atoms with Crippen LogP contribution >= 0.6 is 0 Å². The Morgan fingerprint density at radius 1 is 0.843 bits per heavy atom. The third kappa shape index (κ3) is 12.0. The lowest BCUT2D eigenvalue weighted by molar-refractivity contribution is -0.147. The molecule has 268 valence electrons. The van der Waals surface area contributed by atoms with Crippen LogP contribution in [-0.2, 0) is 43.4 Å². The van der Waals surface area contributed by atoms with Gasteiger partial charge >= 0.3 is 12.1 Å². The number of aliphatic hydroxyl groups excluding tert-OH is 1. The highest BCUT2D eigenvalue weighted by atomic mass is 16.6. The normalized spacial score (nSPS) is 12.6. The maximum absolute atomic E-state index is 13.8. The maximum Gasteiger partial charge on any atom is 0.408 e. The molecular weight excluding hydrogens is 648 g/mol. The molecule has 0 saturated heterocycles. The van der Waals surface area contributed by atoms with Crippen LogP contribution in [0.2, 0.25) is 0 Å². The Balaban J connectivity index is 1.45. The van der Waals surface area contributed by atoms with Gasteiger partial charge in [0.2, 0.25) is 11.8 Å². The van der Waals surface area contributed by atoms with Crippen molar-refractivity contribution in [1.29, 1.82) is 0 Å². The maximum atomic E-state index is 13.8. The van der Waals surface area contributed by atoms with Crippen LogP contribution in [0, 0.1) is 5.92 Å². The van der Waals surface area contributed by atoms with Gasteiger partial charge in [-0.15, -0.1) is 13.2 Å². The number of aromatic nitrogens is 1. The van der Waals surface area contributed by atoms with Crippen LogP contribution in [0.5, 0.6) is 0 Å². The first kappa shape index (κ1) is 38.1. The van der Waals surface area contributed by atoms with Gasteiger partial charge in [0.15, 0.2) is 0 Å². The Hall–Kier alpha value is -5.68. The lowest BCUT2D eigenvalue weighted by Crippen LogP contribution is -2.46. The minimum Gasteiger partial charge on any atom is -0.462 e. The number of esters is 1. The molecule has 3 amide bonds. The Morgan fingerprint density at radius 2 is 1.51 bits per heavy atom. The molecule has 1 aromatic heterocycles. The quantitative estimate of drug-likeness (QED) is 0.0733. The summed E-state index contributed by atoms with van der Waals surface area (Å²) < 4.78 is 11.0. The number of H-pyrrole nitrogens is 1. The molecule has 51 heavy (non-hydrogen) atoms. The average Bonchev–Trinajstić information content (AvgIpc) is 3.55. The van der Waals surface area contributed by atoms with Gasteiger partial charge in [-0.1, -0.05) is 91.0 Å². The molecule has 0 aliphatic rings. The van der Waals surface area contributed by atoms with Crippen LogP contribution in [0.25, 0.3) is 10.9 Å². The molecule has 11 heteroatoms. The first-order valence-electron chi connectivity index (χ1n) is 16.9. The fourth-order valence-corrected chi connectivity index (χ4v) is 5.65. The molecule has 0 aliphatic heterocycles. The van der Waals surface area contributed by atoms with Gasteiger partial charge in [-0.05, 0) is 42.0 Å². The number of aromatic amines is 1. The van der Waals surface area contributed by atoms with E-state index in [9.17, 15) is 24.3 Å². The van der Waals surface area contributed by atoms with Crippen molar-refractivity contribution in [2.75, 3.05) is 19.8 Å². The number of hydrogen-bond acceptors (Lipinski definition) is 7. The van der Waals surface area contributed by atoms with Crippen LogP contribution in [-0.4, -0.2) is 70.7 Å². The van der Waals surface area contributed by atoms with Gasteiger partial charge in [-0.3, -0.25) is 9.59 Å². The first-order chi connectivity index (χ1) is 24.8. The smallest absolute Gasteiger partial charge is 0.408 e. The number of carbonyl (C=O) groups is 4. The second-order valence-electron chi connectivity index (χ2n) is 12.1. The highest BCUT2D eigenvalue weighted by Gasteiger charge is 2.28. The van der Waals surface area contributed by atoms with E-state index in [1.165, 1.54) is 11.0 Å². The summed E-state index contributed by atoms with van der Waals surface area (Å²) >= 11 is 0. The minimum atomic E-state index is -1.07. The molecule has 4 aromatic rings. The number of hydrogen-bond donors (Lipinski definition) is 4. The van der Waals surface area contributed by atoms with Crippen molar-refractivity contribution in [3.8, 4) is 0 Å². The summed E-state index contributed by atoms with van der Waals surface area (Å²) in [5.41, 5.74) is 3.50. The number of alkyl carbamates (subject to hydrolysis) is 1.